The Labute approximate surface area is 135 Å². The highest BCUT2D eigenvalue weighted by molar-refractivity contribution is 5.91. The van der Waals surface area contributed by atoms with Crippen molar-refractivity contribution in [1.82, 2.24) is 14.8 Å². The number of aromatic nitrogens is 3. The van der Waals surface area contributed by atoms with Crippen molar-refractivity contribution in [2.24, 2.45) is 0 Å². The summed E-state index contributed by atoms with van der Waals surface area (Å²) in [6.45, 7) is 0.497. The van der Waals surface area contributed by atoms with Gasteiger partial charge in [-0.05, 0) is 30.9 Å². The summed E-state index contributed by atoms with van der Waals surface area (Å²) < 4.78 is 12.8. The number of ether oxygens (including phenoxy) is 2. The van der Waals surface area contributed by atoms with E-state index in [0.717, 1.165) is 31.2 Å². The smallest absolute Gasteiger partial charge is 0.338 e. The predicted molar refractivity (Wildman–Crippen MR) is 84.0 cm³/mol. The Hall–Kier alpha value is -2.21. The summed E-state index contributed by atoms with van der Waals surface area (Å²) in [5, 5.41) is 4.09. The van der Waals surface area contributed by atoms with Gasteiger partial charge in [0.2, 0.25) is 0 Å². The zero-order chi connectivity index (χ0) is 16.1. The van der Waals surface area contributed by atoms with Crippen molar-refractivity contribution >= 4 is 5.97 Å². The van der Waals surface area contributed by atoms with Crippen LogP contribution in [0.25, 0.3) is 0 Å². The number of methoxy groups -OCH3 is 1. The van der Waals surface area contributed by atoms with E-state index in [1.807, 2.05) is 18.2 Å². The van der Waals surface area contributed by atoms with E-state index >= 15 is 0 Å². The van der Waals surface area contributed by atoms with Gasteiger partial charge >= 0.3 is 5.97 Å². The second-order valence-electron chi connectivity index (χ2n) is 5.80. The van der Waals surface area contributed by atoms with E-state index in [0.29, 0.717) is 12.1 Å². The van der Waals surface area contributed by atoms with Crippen LogP contribution in [0.2, 0.25) is 0 Å². The highest BCUT2D eigenvalue weighted by atomic mass is 16.5. The SMILES string of the molecule is CO[C@H]1CCC[C@H](OC(=O)c2ccccc2Cn2cncn2)C1. The molecule has 122 valence electrons. The fraction of sp³-hybridized carbons (Fsp3) is 0.471. The van der Waals surface area contributed by atoms with Gasteiger partial charge in [-0.15, -0.1) is 0 Å². The Morgan fingerprint density at radius 2 is 2.13 bits per heavy atom. The Kier molecular flexibility index (Phi) is 5.02. The number of carbonyl (C=O) groups excluding carboxylic acids is 1. The van der Waals surface area contributed by atoms with Gasteiger partial charge in [-0.2, -0.15) is 5.10 Å². The molecule has 3 rings (SSSR count). The Morgan fingerprint density at radius 3 is 2.91 bits per heavy atom. The van der Waals surface area contributed by atoms with Gasteiger partial charge in [0.15, 0.2) is 0 Å². The molecule has 2 atom stereocenters. The minimum absolute atomic E-state index is 0.0689. The van der Waals surface area contributed by atoms with Crippen LogP contribution >= 0.6 is 0 Å². The molecule has 1 aliphatic rings. The summed E-state index contributed by atoms with van der Waals surface area (Å²) in [5.74, 6) is -0.275. The third-order valence-electron chi connectivity index (χ3n) is 4.22. The summed E-state index contributed by atoms with van der Waals surface area (Å²) in [7, 11) is 1.71. The van der Waals surface area contributed by atoms with Gasteiger partial charge in [-0.1, -0.05) is 18.2 Å². The summed E-state index contributed by atoms with van der Waals surface area (Å²) in [4.78, 5) is 16.5. The summed E-state index contributed by atoms with van der Waals surface area (Å²) in [5.41, 5.74) is 1.46. The Balaban J connectivity index is 1.69. The second kappa shape index (κ2) is 7.37. The fourth-order valence-corrected chi connectivity index (χ4v) is 2.98. The molecular formula is C17H21N3O3. The largest absolute Gasteiger partial charge is 0.459 e. The maximum Gasteiger partial charge on any atom is 0.338 e. The van der Waals surface area contributed by atoms with Crippen LogP contribution in [0.15, 0.2) is 36.9 Å². The molecule has 0 unspecified atom stereocenters. The second-order valence-corrected chi connectivity index (χ2v) is 5.80. The molecule has 23 heavy (non-hydrogen) atoms. The number of benzene rings is 1. The fourth-order valence-electron chi connectivity index (χ4n) is 2.98. The van der Waals surface area contributed by atoms with Crippen LogP contribution in [0, 0.1) is 0 Å². The average Bonchev–Trinajstić information content (AvgIpc) is 3.08. The van der Waals surface area contributed by atoms with Crippen LogP contribution in [0.3, 0.4) is 0 Å². The van der Waals surface area contributed by atoms with Crippen molar-refractivity contribution in [3.05, 3.63) is 48.0 Å². The molecule has 0 N–H and O–H groups in total. The number of nitrogens with zero attached hydrogens (tertiary/aromatic N) is 3. The maximum absolute atomic E-state index is 12.5. The van der Waals surface area contributed by atoms with Gasteiger partial charge in [0.1, 0.15) is 18.8 Å². The molecule has 0 saturated heterocycles. The van der Waals surface area contributed by atoms with Crippen molar-refractivity contribution in [1.29, 1.82) is 0 Å². The minimum Gasteiger partial charge on any atom is -0.459 e. The number of carbonyl (C=O) groups is 1. The highest BCUT2D eigenvalue weighted by Gasteiger charge is 2.25. The lowest BCUT2D eigenvalue weighted by molar-refractivity contribution is -0.0150. The molecule has 0 radical (unpaired) electrons. The first-order valence-corrected chi connectivity index (χ1v) is 7.90. The molecule has 1 aromatic carbocycles. The first-order valence-electron chi connectivity index (χ1n) is 7.90. The van der Waals surface area contributed by atoms with E-state index in [2.05, 4.69) is 10.1 Å². The monoisotopic (exact) mass is 315 g/mol. The summed E-state index contributed by atoms with van der Waals surface area (Å²) >= 11 is 0. The molecule has 1 fully saturated rings. The topological polar surface area (TPSA) is 66.2 Å². The first kappa shape index (κ1) is 15.7. The van der Waals surface area contributed by atoms with Gasteiger partial charge in [0, 0.05) is 13.5 Å². The van der Waals surface area contributed by atoms with E-state index in [1.54, 1.807) is 24.2 Å². The lowest BCUT2D eigenvalue weighted by atomic mass is 9.95. The zero-order valence-corrected chi connectivity index (χ0v) is 13.2. The first-order chi connectivity index (χ1) is 11.3. The van der Waals surface area contributed by atoms with Crippen molar-refractivity contribution in [2.75, 3.05) is 7.11 Å². The third kappa shape index (κ3) is 3.96. The van der Waals surface area contributed by atoms with Crippen molar-refractivity contribution < 1.29 is 14.3 Å². The average molecular weight is 315 g/mol. The quantitative estimate of drug-likeness (QED) is 0.793. The van der Waals surface area contributed by atoms with Crippen LogP contribution in [0.4, 0.5) is 0 Å². The van der Waals surface area contributed by atoms with Crippen molar-refractivity contribution in [2.45, 2.75) is 44.4 Å². The molecule has 1 aliphatic carbocycles. The van der Waals surface area contributed by atoms with E-state index in [4.69, 9.17) is 9.47 Å². The van der Waals surface area contributed by atoms with E-state index in [-0.39, 0.29) is 18.2 Å². The molecule has 6 nitrogen and oxygen atoms in total. The Morgan fingerprint density at radius 1 is 1.30 bits per heavy atom. The van der Waals surface area contributed by atoms with E-state index in [9.17, 15) is 4.79 Å². The minimum atomic E-state index is -0.275. The van der Waals surface area contributed by atoms with Crippen LogP contribution in [-0.4, -0.2) is 40.1 Å². The van der Waals surface area contributed by atoms with Gasteiger partial charge in [0.05, 0.1) is 18.2 Å². The molecule has 0 amide bonds. The Bertz CT molecular complexity index is 642. The number of esters is 1. The molecular weight excluding hydrogens is 294 g/mol. The molecule has 1 heterocycles. The number of rotatable bonds is 5. The molecule has 0 bridgehead atoms. The van der Waals surface area contributed by atoms with E-state index < -0.39 is 0 Å². The molecule has 1 saturated carbocycles. The van der Waals surface area contributed by atoms with Gasteiger partial charge < -0.3 is 9.47 Å². The van der Waals surface area contributed by atoms with Crippen molar-refractivity contribution in [3.63, 3.8) is 0 Å². The van der Waals surface area contributed by atoms with Gasteiger partial charge in [0.25, 0.3) is 0 Å². The van der Waals surface area contributed by atoms with Crippen LogP contribution in [0.1, 0.15) is 41.6 Å². The highest BCUT2D eigenvalue weighted by Crippen LogP contribution is 2.24. The summed E-state index contributed by atoms with van der Waals surface area (Å²) in [6, 6.07) is 7.47. The number of hydrogen-bond donors (Lipinski definition) is 0. The lowest BCUT2D eigenvalue weighted by Gasteiger charge is -2.28. The molecule has 1 aromatic heterocycles. The molecule has 0 aliphatic heterocycles. The molecule has 6 heteroatoms. The van der Waals surface area contributed by atoms with Crippen LogP contribution in [-0.2, 0) is 16.0 Å². The zero-order valence-electron chi connectivity index (χ0n) is 13.2. The maximum atomic E-state index is 12.5. The van der Waals surface area contributed by atoms with Crippen molar-refractivity contribution in [3.8, 4) is 0 Å². The standard InChI is InChI=1S/C17H21N3O3/c1-22-14-6-4-7-15(9-14)23-17(21)16-8-3-2-5-13(16)10-20-12-18-11-19-20/h2-3,5,8,11-12,14-15H,4,6-7,9-10H2,1H3/t14-,15-/m0/s1. The van der Waals surface area contributed by atoms with E-state index in [1.165, 1.54) is 6.33 Å². The lowest BCUT2D eigenvalue weighted by Crippen LogP contribution is -2.29. The van der Waals surface area contributed by atoms with Gasteiger partial charge in [-0.25, -0.2) is 14.5 Å². The molecule has 0 spiro atoms. The third-order valence-corrected chi connectivity index (χ3v) is 4.22. The van der Waals surface area contributed by atoms with Gasteiger partial charge in [-0.3, -0.25) is 0 Å². The number of hydrogen-bond acceptors (Lipinski definition) is 5. The molecule has 2 aromatic rings. The van der Waals surface area contributed by atoms with Crippen LogP contribution in [0.5, 0.6) is 0 Å². The predicted octanol–water partition coefficient (Wildman–Crippen LogP) is 2.44. The summed E-state index contributed by atoms with van der Waals surface area (Å²) in [6.07, 6.45) is 6.96. The van der Waals surface area contributed by atoms with Crippen LogP contribution < -0.4 is 0 Å². The normalized spacial score (nSPS) is 21.1.